The maximum atomic E-state index is 14.4. The fraction of sp³-hybridized carbons (Fsp3) is 0.500. The van der Waals surface area contributed by atoms with E-state index in [9.17, 15) is 4.39 Å². The van der Waals surface area contributed by atoms with Gasteiger partial charge in [0.2, 0.25) is 11.8 Å². The Hall–Kier alpha value is -3.03. The molecule has 32 heavy (non-hydrogen) atoms. The van der Waals surface area contributed by atoms with Gasteiger partial charge in [-0.2, -0.15) is 0 Å². The molecule has 1 saturated carbocycles. The molecule has 7 nitrogen and oxygen atoms in total. The van der Waals surface area contributed by atoms with Crippen molar-refractivity contribution >= 4 is 5.95 Å². The molecule has 0 spiro atoms. The van der Waals surface area contributed by atoms with E-state index in [-0.39, 0.29) is 11.5 Å². The van der Waals surface area contributed by atoms with Crippen molar-refractivity contribution < 1.29 is 13.5 Å². The van der Waals surface area contributed by atoms with Crippen LogP contribution in [0.3, 0.4) is 0 Å². The summed E-state index contributed by atoms with van der Waals surface area (Å²) in [6.07, 6.45) is 8.37. The van der Waals surface area contributed by atoms with Crippen LogP contribution in [0.15, 0.2) is 35.0 Å². The number of aryl methyl sites for hydroxylation is 2. The van der Waals surface area contributed by atoms with Gasteiger partial charge in [-0.1, -0.05) is 6.07 Å². The zero-order valence-corrected chi connectivity index (χ0v) is 18.5. The quantitative estimate of drug-likeness (QED) is 0.534. The molecule has 5 rings (SSSR count). The van der Waals surface area contributed by atoms with Gasteiger partial charge in [0.05, 0.1) is 6.61 Å². The lowest BCUT2D eigenvalue weighted by Gasteiger charge is -2.32. The average Bonchev–Trinajstić information content (AvgIpc) is 3.45. The van der Waals surface area contributed by atoms with Crippen LogP contribution in [0.25, 0.3) is 11.5 Å². The Morgan fingerprint density at radius 2 is 1.91 bits per heavy atom. The van der Waals surface area contributed by atoms with E-state index in [2.05, 4.69) is 25.1 Å². The first-order chi connectivity index (χ1) is 15.6. The van der Waals surface area contributed by atoms with Gasteiger partial charge in [0.1, 0.15) is 17.1 Å². The first kappa shape index (κ1) is 20.8. The van der Waals surface area contributed by atoms with Crippen LogP contribution in [-0.4, -0.2) is 39.9 Å². The minimum Gasteiger partial charge on any atom is -0.493 e. The molecule has 2 unspecified atom stereocenters. The van der Waals surface area contributed by atoms with Crippen molar-refractivity contribution in [1.82, 2.24) is 20.2 Å². The van der Waals surface area contributed by atoms with E-state index in [0.29, 0.717) is 24.2 Å². The lowest BCUT2D eigenvalue weighted by atomic mass is 9.90. The monoisotopic (exact) mass is 437 g/mol. The summed E-state index contributed by atoms with van der Waals surface area (Å²) < 4.78 is 25.8. The van der Waals surface area contributed by atoms with Crippen molar-refractivity contribution in [1.29, 1.82) is 0 Å². The van der Waals surface area contributed by atoms with E-state index in [0.717, 1.165) is 42.9 Å². The molecule has 1 aromatic carbocycles. The summed E-state index contributed by atoms with van der Waals surface area (Å²) in [6.45, 7) is 6.28. The van der Waals surface area contributed by atoms with Crippen molar-refractivity contribution in [3.8, 4) is 17.2 Å². The largest absolute Gasteiger partial charge is 0.493 e. The van der Waals surface area contributed by atoms with Crippen molar-refractivity contribution in [3.05, 3.63) is 47.9 Å². The molecule has 1 aliphatic carbocycles. The second kappa shape index (κ2) is 8.84. The molecule has 168 valence electrons. The number of piperidine rings is 1. The van der Waals surface area contributed by atoms with Crippen LogP contribution in [0.5, 0.6) is 5.75 Å². The first-order valence-electron chi connectivity index (χ1n) is 11.3. The summed E-state index contributed by atoms with van der Waals surface area (Å²) in [6, 6.07) is 4.78. The lowest BCUT2D eigenvalue weighted by Crippen LogP contribution is -2.35. The van der Waals surface area contributed by atoms with Crippen LogP contribution in [0.4, 0.5) is 10.3 Å². The first-order valence-corrected chi connectivity index (χ1v) is 11.3. The van der Waals surface area contributed by atoms with Crippen LogP contribution < -0.4 is 9.64 Å². The number of ether oxygens (including phenoxy) is 1. The average molecular weight is 438 g/mol. The predicted octanol–water partition coefficient (Wildman–Crippen LogP) is 4.60. The van der Waals surface area contributed by atoms with Gasteiger partial charge in [-0.25, -0.2) is 14.4 Å². The van der Waals surface area contributed by atoms with Gasteiger partial charge >= 0.3 is 0 Å². The molecule has 2 fully saturated rings. The molecule has 0 radical (unpaired) electrons. The summed E-state index contributed by atoms with van der Waals surface area (Å²) in [5.41, 5.74) is 1.33. The number of hydrogen-bond donors (Lipinski definition) is 0. The zero-order chi connectivity index (χ0) is 22.1. The summed E-state index contributed by atoms with van der Waals surface area (Å²) in [4.78, 5) is 11.2. The Labute approximate surface area is 187 Å². The molecule has 3 aromatic rings. The van der Waals surface area contributed by atoms with Gasteiger partial charge in [-0.3, -0.25) is 0 Å². The number of nitrogens with zero attached hydrogens (tertiary/aromatic N) is 5. The standard InChI is InChI=1S/C24H28FN5O2/c1-15-13-26-24(27-14-15)30-9-6-17(7-10-30)19-12-18(19)8-11-31-21-5-3-4-20(25)22(21)23-29-28-16(2)32-23/h3-5,13-14,17-19H,6-12H2,1-2H3. The second-order valence-corrected chi connectivity index (χ2v) is 8.92. The number of aromatic nitrogens is 4. The Bertz CT molecular complexity index is 1060. The van der Waals surface area contributed by atoms with Crippen molar-refractivity contribution in [2.75, 3.05) is 24.6 Å². The SMILES string of the molecule is Cc1cnc(N2CCC(C3CC3CCOc3cccc(F)c3-c3nnc(C)o3)CC2)nc1. The number of benzene rings is 1. The number of anilines is 1. The third-order valence-corrected chi connectivity index (χ3v) is 6.63. The Morgan fingerprint density at radius 3 is 2.62 bits per heavy atom. The maximum Gasteiger partial charge on any atom is 0.254 e. The lowest BCUT2D eigenvalue weighted by molar-refractivity contribution is 0.283. The van der Waals surface area contributed by atoms with Crippen LogP contribution in [0.2, 0.25) is 0 Å². The zero-order valence-electron chi connectivity index (χ0n) is 18.5. The molecule has 1 saturated heterocycles. The Kier molecular flexibility index (Phi) is 5.76. The van der Waals surface area contributed by atoms with Crippen molar-refractivity contribution in [2.45, 2.75) is 39.5 Å². The van der Waals surface area contributed by atoms with E-state index in [1.54, 1.807) is 19.1 Å². The molecule has 2 aliphatic rings. The molecular weight excluding hydrogens is 409 g/mol. The van der Waals surface area contributed by atoms with Crippen molar-refractivity contribution in [3.63, 3.8) is 0 Å². The second-order valence-electron chi connectivity index (χ2n) is 8.92. The minimum atomic E-state index is -0.417. The summed E-state index contributed by atoms with van der Waals surface area (Å²) >= 11 is 0. The van der Waals surface area contributed by atoms with Gasteiger partial charge in [0.25, 0.3) is 5.89 Å². The van der Waals surface area contributed by atoms with Gasteiger partial charge in [-0.15, -0.1) is 10.2 Å². The summed E-state index contributed by atoms with van der Waals surface area (Å²) in [5.74, 6) is 3.65. The normalized spacial score (nSPS) is 21.0. The highest BCUT2D eigenvalue weighted by molar-refractivity contribution is 5.63. The van der Waals surface area contributed by atoms with Gasteiger partial charge in [0, 0.05) is 32.4 Å². The van der Waals surface area contributed by atoms with Gasteiger partial charge in [0.15, 0.2) is 0 Å². The molecule has 3 heterocycles. The molecule has 0 N–H and O–H groups in total. The predicted molar refractivity (Wildman–Crippen MR) is 118 cm³/mol. The number of hydrogen-bond acceptors (Lipinski definition) is 7. The minimum absolute atomic E-state index is 0.157. The van der Waals surface area contributed by atoms with E-state index in [4.69, 9.17) is 9.15 Å². The highest BCUT2D eigenvalue weighted by atomic mass is 19.1. The molecule has 1 aliphatic heterocycles. The summed E-state index contributed by atoms with van der Waals surface area (Å²) in [5, 5.41) is 7.75. The van der Waals surface area contributed by atoms with E-state index in [1.165, 1.54) is 25.3 Å². The third kappa shape index (κ3) is 4.45. The smallest absolute Gasteiger partial charge is 0.254 e. The van der Waals surface area contributed by atoms with Crippen LogP contribution >= 0.6 is 0 Å². The van der Waals surface area contributed by atoms with E-state index in [1.807, 2.05) is 19.3 Å². The third-order valence-electron chi connectivity index (χ3n) is 6.63. The summed E-state index contributed by atoms with van der Waals surface area (Å²) in [7, 11) is 0. The van der Waals surface area contributed by atoms with Crippen molar-refractivity contribution in [2.24, 2.45) is 17.8 Å². The fourth-order valence-corrected chi connectivity index (χ4v) is 4.81. The highest BCUT2D eigenvalue weighted by Crippen LogP contribution is 2.50. The Morgan fingerprint density at radius 1 is 1.12 bits per heavy atom. The van der Waals surface area contributed by atoms with Gasteiger partial charge in [-0.05, 0) is 68.1 Å². The highest BCUT2D eigenvalue weighted by Gasteiger charge is 2.43. The molecule has 0 amide bonds. The molecule has 0 bridgehead atoms. The molecular formula is C24H28FN5O2. The molecule has 2 aromatic heterocycles. The molecule has 2 atom stereocenters. The topological polar surface area (TPSA) is 77.2 Å². The maximum absolute atomic E-state index is 14.4. The number of rotatable bonds is 7. The molecule has 8 heteroatoms. The Balaban J connectivity index is 1.11. The van der Waals surface area contributed by atoms with Crippen LogP contribution in [0, 0.1) is 37.4 Å². The fourth-order valence-electron chi connectivity index (χ4n) is 4.81. The van der Waals surface area contributed by atoms with Crippen LogP contribution in [-0.2, 0) is 0 Å². The number of halogens is 1. The van der Waals surface area contributed by atoms with Crippen LogP contribution in [0.1, 0.15) is 37.1 Å². The van der Waals surface area contributed by atoms with E-state index < -0.39 is 5.82 Å². The van der Waals surface area contributed by atoms with E-state index >= 15 is 0 Å². The van der Waals surface area contributed by atoms with Gasteiger partial charge < -0.3 is 14.1 Å².